The lowest BCUT2D eigenvalue weighted by molar-refractivity contribution is -0.136. The molecule has 3 aromatic carbocycles. The molecule has 0 fully saturated rings. The van der Waals surface area contributed by atoms with Gasteiger partial charge in [-0.15, -0.1) is 0 Å². The van der Waals surface area contributed by atoms with Gasteiger partial charge in [0.2, 0.25) is 11.8 Å². The van der Waals surface area contributed by atoms with Gasteiger partial charge < -0.3 is 20.9 Å². The molecule has 3 unspecified atom stereocenters. The molecule has 0 aliphatic carbocycles. The van der Waals surface area contributed by atoms with Gasteiger partial charge in [0.15, 0.2) is 0 Å². The summed E-state index contributed by atoms with van der Waals surface area (Å²) in [6, 6.07) is 27.0. The van der Waals surface area contributed by atoms with E-state index in [0.29, 0.717) is 25.8 Å². The number of amides is 3. The average Bonchev–Trinajstić information content (AvgIpc) is 3.08. The van der Waals surface area contributed by atoms with Crippen molar-refractivity contribution in [2.45, 2.75) is 52.5 Å². The van der Waals surface area contributed by atoms with E-state index in [1.807, 2.05) is 93.6 Å². The van der Waals surface area contributed by atoms with Gasteiger partial charge >= 0.3 is 0 Å². The van der Waals surface area contributed by atoms with Gasteiger partial charge in [-0.2, -0.15) is 0 Å². The highest BCUT2D eigenvalue weighted by Gasteiger charge is 2.38. The minimum atomic E-state index is -0.823. The molecule has 3 atom stereocenters. The third kappa shape index (κ3) is 7.34. The minimum absolute atomic E-state index is 0.172. The third-order valence-corrected chi connectivity index (χ3v) is 7.76. The fourth-order valence-corrected chi connectivity index (χ4v) is 5.76. The van der Waals surface area contributed by atoms with Crippen molar-refractivity contribution in [1.29, 1.82) is 0 Å². The van der Waals surface area contributed by atoms with E-state index in [1.165, 1.54) is 0 Å². The Morgan fingerprint density at radius 2 is 1.51 bits per heavy atom. The number of hydrogen-bond acceptors (Lipinski definition) is 4. The number of para-hydroxylation sites is 3. The number of nitrogens with two attached hydrogens (primary N) is 1. The van der Waals surface area contributed by atoms with E-state index in [0.717, 1.165) is 29.0 Å². The van der Waals surface area contributed by atoms with E-state index >= 15 is 0 Å². The second-order valence-electron chi connectivity index (χ2n) is 11.3. The van der Waals surface area contributed by atoms with Crippen LogP contribution in [-0.4, -0.2) is 36.9 Å². The van der Waals surface area contributed by atoms with E-state index in [-0.39, 0.29) is 24.3 Å². The highest BCUT2D eigenvalue weighted by atomic mass is 16.2. The maximum atomic E-state index is 14.3. The quantitative estimate of drug-likeness (QED) is 0.311. The van der Waals surface area contributed by atoms with Crippen molar-refractivity contribution in [3.05, 3.63) is 90.5 Å². The van der Waals surface area contributed by atoms with Gasteiger partial charge in [0.25, 0.3) is 5.91 Å². The fraction of sp³-hybridized carbons (Fsp3) is 0.382. The Kier molecular flexibility index (Phi) is 10.2. The van der Waals surface area contributed by atoms with Crippen molar-refractivity contribution < 1.29 is 14.4 Å². The second-order valence-corrected chi connectivity index (χ2v) is 11.3. The lowest BCUT2D eigenvalue weighted by atomic mass is 9.81. The average molecular weight is 555 g/mol. The summed E-state index contributed by atoms with van der Waals surface area (Å²) in [6.07, 6.45) is 2.45. The van der Waals surface area contributed by atoms with Crippen molar-refractivity contribution in [3.8, 4) is 0 Å². The first-order chi connectivity index (χ1) is 19.8. The molecule has 4 rings (SSSR count). The predicted octanol–water partition coefficient (Wildman–Crippen LogP) is 5.46. The van der Waals surface area contributed by atoms with Crippen LogP contribution in [0.3, 0.4) is 0 Å². The van der Waals surface area contributed by atoms with Gasteiger partial charge in [-0.1, -0.05) is 87.9 Å². The topological polar surface area (TPSA) is 95.7 Å². The smallest absolute Gasteiger partial charge is 0.251 e. The Morgan fingerprint density at radius 3 is 2.12 bits per heavy atom. The van der Waals surface area contributed by atoms with Crippen LogP contribution in [-0.2, 0) is 20.8 Å². The maximum absolute atomic E-state index is 14.3. The van der Waals surface area contributed by atoms with E-state index in [2.05, 4.69) is 22.3 Å². The van der Waals surface area contributed by atoms with Gasteiger partial charge in [0.05, 0.1) is 17.9 Å². The highest BCUT2D eigenvalue weighted by Crippen LogP contribution is 2.37. The molecule has 7 nitrogen and oxygen atoms in total. The number of carbonyl (C=O) groups excluding carboxylic acids is 3. The molecule has 1 aliphatic heterocycles. The van der Waals surface area contributed by atoms with Crippen molar-refractivity contribution in [2.24, 2.45) is 23.5 Å². The molecule has 1 heterocycles. The maximum Gasteiger partial charge on any atom is 0.251 e. The molecule has 0 saturated carbocycles. The standard InChI is InChI=1S/C34H42N4O3/c1-4-13-27(32(35)39)28(22-24(2)3)33(40)36-29-23-38(26-16-9-6-10-17-26)31-19-12-11-18-30(31)37(34(29)41)21-20-25-14-7-5-8-15-25/h5-12,14-19,24,27-29H,4,13,20-23H2,1-3H3,(H2,35,39)(H,36,40). The number of anilines is 3. The largest absolute Gasteiger partial charge is 0.369 e. The third-order valence-electron chi connectivity index (χ3n) is 7.76. The number of fused-ring (bicyclic) bond motifs is 1. The number of carbonyl (C=O) groups is 3. The number of rotatable bonds is 12. The second kappa shape index (κ2) is 14.0. The lowest BCUT2D eigenvalue weighted by Gasteiger charge is -2.30. The predicted molar refractivity (Wildman–Crippen MR) is 165 cm³/mol. The van der Waals surface area contributed by atoms with Crippen molar-refractivity contribution in [3.63, 3.8) is 0 Å². The summed E-state index contributed by atoms with van der Waals surface area (Å²) in [5.41, 5.74) is 9.55. The molecule has 7 heteroatoms. The summed E-state index contributed by atoms with van der Waals surface area (Å²) in [5.74, 6) is -1.94. The molecule has 3 aromatic rings. The Labute approximate surface area is 243 Å². The van der Waals surface area contributed by atoms with Crippen molar-refractivity contribution in [2.75, 3.05) is 22.9 Å². The van der Waals surface area contributed by atoms with Crippen LogP contribution in [0.25, 0.3) is 0 Å². The first kappa shape index (κ1) is 29.8. The Bertz CT molecular complexity index is 1310. The molecule has 0 saturated heterocycles. The van der Waals surface area contributed by atoms with Gasteiger partial charge in [0, 0.05) is 24.1 Å². The Balaban J connectivity index is 1.72. The van der Waals surface area contributed by atoms with E-state index < -0.39 is 23.8 Å². The number of nitrogens with one attached hydrogen (secondary N) is 1. The zero-order valence-electron chi connectivity index (χ0n) is 24.3. The summed E-state index contributed by atoms with van der Waals surface area (Å²) >= 11 is 0. The Hall–Kier alpha value is -4.13. The van der Waals surface area contributed by atoms with E-state index in [1.54, 1.807) is 4.90 Å². The molecule has 3 N–H and O–H groups in total. The molecule has 216 valence electrons. The number of primary amides is 1. The van der Waals surface area contributed by atoms with Gasteiger partial charge in [0.1, 0.15) is 6.04 Å². The van der Waals surface area contributed by atoms with Crippen LogP contribution in [0, 0.1) is 17.8 Å². The highest BCUT2D eigenvalue weighted by molar-refractivity contribution is 6.04. The van der Waals surface area contributed by atoms with Crippen molar-refractivity contribution >= 4 is 34.8 Å². The zero-order valence-corrected chi connectivity index (χ0v) is 24.3. The molecule has 0 bridgehead atoms. The molecule has 3 amide bonds. The summed E-state index contributed by atoms with van der Waals surface area (Å²) in [6.45, 7) is 6.76. The van der Waals surface area contributed by atoms with Crippen molar-refractivity contribution in [1.82, 2.24) is 5.32 Å². The molecule has 0 radical (unpaired) electrons. The summed E-state index contributed by atoms with van der Waals surface area (Å²) < 4.78 is 0. The molecule has 0 aromatic heterocycles. The zero-order chi connectivity index (χ0) is 29.4. The van der Waals surface area contributed by atoms with Crippen LogP contribution in [0.15, 0.2) is 84.9 Å². The van der Waals surface area contributed by atoms with E-state index in [4.69, 9.17) is 5.73 Å². The molecular weight excluding hydrogens is 512 g/mol. The van der Waals surface area contributed by atoms with Crippen LogP contribution in [0.5, 0.6) is 0 Å². The number of hydrogen-bond donors (Lipinski definition) is 2. The summed E-state index contributed by atoms with van der Waals surface area (Å²) in [7, 11) is 0. The van der Waals surface area contributed by atoms with E-state index in [9.17, 15) is 14.4 Å². The van der Waals surface area contributed by atoms with Crippen LogP contribution in [0.1, 0.15) is 45.6 Å². The normalized spacial score (nSPS) is 16.6. The van der Waals surface area contributed by atoms with Crippen LogP contribution in [0.2, 0.25) is 0 Å². The molecule has 41 heavy (non-hydrogen) atoms. The fourth-order valence-electron chi connectivity index (χ4n) is 5.76. The molecule has 1 aliphatic rings. The van der Waals surface area contributed by atoms with Gasteiger partial charge in [-0.05, 0) is 55.0 Å². The van der Waals surface area contributed by atoms with Gasteiger partial charge in [-0.3, -0.25) is 14.4 Å². The Morgan fingerprint density at radius 1 is 0.902 bits per heavy atom. The molecule has 0 spiro atoms. The first-order valence-electron chi connectivity index (χ1n) is 14.7. The monoisotopic (exact) mass is 554 g/mol. The molecular formula is C34H42N4O3. The van der Waals surface area contributed by atoms with Gasteiger partial charge in [-0.25, -0.2) is 0 Å². The van der Waals surface area contributed by atoms with Crippen LogP contribution >= 0.6 is 0 Å². The van der Waals surface area contributed by atoms with Crippen LogP contribution in [0.4, 0.5) is 17.1 Å². The first-order valence-corrected chi connectivity index (χ1v) is 14.7. The number of nitrogens with zero attached hydrogens (tertiary/aromatic N) is 2. The summed E-state index contributed by atoms with van der Waals surface area (Å²) in [5, 5.41) is 3.09. The number of benzene rings is 3. The minimum Gasteiger partial charge on any atom is -0.369 e. The van der Waals surface area contributed by atoms with Crippen LogP contribution < -0.4 is 20.9 Å². The lowest BCUT2D eigenvalue weighted by Crippen LogP contribution is -2.54. The summed E-state index contributed by atoms with van der Waals surface area (Å²) in [4.78, 5) is 44.6. The SMILES string of the molecule is CCCC(C(N)=O)C(CC(C)C)C(=O)NC1CN(c2ccccc2)c2ccccc2N(CCc2ccccc2)C1=O.